The van der Waals surface area contributed by atoms with Crippen LogP contribution >= 0.6 is 0 Å². The summed E-state index contributed by atoms with van der Waals surface area (Å²) in [6.07, 6.45) is 1.02. The van der Waals surface area contributed by atoms with Crippen molar-refractivity contribution in [3.8, 4) is 6.07 Å². The molecular weight excluding hydrogens is 126 g/mol. The maximum Gasteiger partial charge on any atom is 0.0750 e. The lowest BCUT2D eigenvalue weighted by atomic mass is 9.98. The van der Waals surface area contributed by atoms with Crippen molar-refractivity contribution in [1.82, 2.24) is 0 Å². The molecule has 0 spiro atoms. The normalized spacial score (nSPS) is 11.0. The van der Waals surface area contributed by atoms with Crippen LogP contribution < -0.4 is 0 Å². The molecule has 10 heavy (non-hydrogen) atoms. The first kappa shape index (κ1) is 9.45. The van der Waals surface area contributed by atoms with E-state index in [1.54, 1.807) is 0 Å². The van der Waals surface area contributed by atoms with Gasteiger partial charge in [0.05, 0.1) is 18.1 Å². The fraction of sp³-hybridized carbons (Fsp3) is 0.875. The minimum absolute atomic E-state index is 0.324. The molecule has 0 rings (SSSR count). The van der Waals surface area contributed by atoms with Crippen molar-refractivity contribution < 1.29 is 4.74 Å². The molecule has 0 aliphatic rings. The highest BCUT2D eigenvalue weighted by molar-refractivity contribution is 4.91. The number of hydrogen-bond acceptors (Lipinski definition) is 2. The second kappa shape index (κ2) is 4.29. The summed E-state index contributed by atoms with van der Waals surface area (Å²) in [5, 5.41) is 8.56. The average Bonchev–Trinajstić information content (AvgIpc) is 1.89. The van der Waals surface area contributed by atoms with E-state index in [1.165, 1.54) is 0 Å². The third-order valence-corrected chi connectivity index (χ3v) is 1.11. The van der Waals surface area contributed by atoms with Crippen LogP contribution in [0.4, 0.5) is 0 Å². The first-order valence-corrected chi connectivity index (χ1v) is 3.61. The van der Waals surface area contributed by atoms with Crippen LogP contribution in [-0.2, 0) is 4.74 Å². The highest BCUT2D eigenvalue weighted by atomic mass is 16.5. The van der Waals surface area contributed by atoms with Gasteiger partial charge in [0.1, 0.15) is 0 Å². The summed E-state index contributed by atoms with van der Waals surface area (Å²) in [4.78, 5) is 0. The zero-order chi connectivity index (χ0) is 8.04. The van der Waals surface area contributed by atoms with Crippen molar-refractivity contribution in [2.75, 3.05) is 13.2 Å². The van der Waals surface area contributed by atoms with E-state index < -0.39 is 0 Å². The summed E-state index contributed by atoms with van der Waals surface area (Å²) in [7, 11) is 0. The molecule has 0 aliphatic heterocycles. The molecule has 0 saturated heterocycles. The monoisotopic (exact) mass is 141 g/mol. The fourth-order valence-corrected chi connectivity index (χ4v) is 0.504. The summed E-state index contributed by atoms with van der Waals surface area (Å²) in [6.45, 7) is 7.10. The molecule has 2 heteroatoms. The predicted octanol–water partition coefficient (Wildman–Crippen LogP) is 1.96. The molecular formula is C8H15NO. The summed E-state index contributed by atoms with van der Waals surface area (Å²) in [5.41, 5.74) is -0.324. The Kier molecular flexibility index (Phi) is 4.06. The Hall–Kier alpha value is -0.550. The Balaban J connectivity index is 3.40. The molecule has 0 N–H and O–H groups in total. The molecule has 0 heterocycles. The average molecular weight is 141 g/mol. The van der Waals surface area contributed by atoms with Crippen LogP contribution in [0.15, 0.2) is 0 Å². The van der Waals surface area contributed by atoms with Gasteiger partial charge in [0.15, 0.2) is 0 Å². The molecule has 0 bridgehead atoms. The Morgan fingerprint density at radius 1 is 1.50 bits per heavy atom. The third-order valence-electron chi connectivity index (χ3n) is 1.11. The van der Waals surface area contributed by atoms with Gasteiger partial charge < -0.3 is 4.74 Å². The predicted molar refractivity (Wildman–Crippen MR) is 40.5 cm³/mol. The van der Waals surface area contributed by atoms with E-state index in [-0.39, 0.29) is 5.41 Å². The number of nitrogens with zero attached hydrogens (tertiary/aromatic N) is 1. The van der Waals surface area contributed by atoms with Crippen LogP contribution in [0.5, 0.6) is 0 Å². The van der Waals surface area contributed by atoms with E-state index in [0.29, 0.717) is 6.61 Å². The van der Waals surface area contributed by atoms with Crippen molar-refractivity contribution in [2.24, 2.45) is 5.41 Å². The number of nitriles is 1. The van der Waals surface area contributed by atoms with E-state index in [1.807, 2.05) is 13.8 Å². The Bertz CT molecular complexity index is 124. The molecule has 0 aromatic heterocycles. The maximum absolute atomic E-state index is 8.56. The van der Waals surface area contributed by atoms with Gasteiger partial charge in [0.25, 0.3) is 0 Å². The lowest BCUT2D eigenvalue weighted by Crippen LogP contribution is -2.16. The van der Waals surface area contributed by atoms with E-state index in [2.05, 4.69) is 13.0 Å². The molecule has 0 radical (unpaired) electrons. The fourth-order valence-electron chi connectivity index (χ4n) is 0.504. The molecule has 0 saturated carbocycles. The van der Waals surface area contributed by atoms with Gasteiger partial charge in [-0.1, -0.05) is 6.92 Å². The SMILES string of the molecule is CCCOCC(C)(C)C#N. The zero-order valence-electron chi connectivity index (χ0n) is 6.98. The van der Waals surface area contributed by atoms with Crippen molar-refractivity contribution in [3.63, 3.8) is 0 Å². The largest absolute Gasteiger partial charge is 0.380 e. The van der Waals surface area contributed by atoms with Crippen molar-refractivity contribution >= 4 is 0 Å². The molecule has 0 fully saturated rings. The Morgan fingerprint density at radius 2 is 2.10 bits per heavy atom. The van der Waals surface area contributed by atoms with Gasteiger partial charge >= 0.3 is 0 Å². The van der Waals surface area contributed by atoms with Gasteiger partial charge in [-0.25, -0.2) is 0 Å². The lowest BCUT2D eigenvalue weighted by Gasteiger charge is -2.14. The van der Waals surface area contributed by atoms with Crippen molar-refractivity contribution in [1.29, 1.82) is 5.26 Å². The second-order valence-electron chi connectivity index (χ2n) is 3.05. The van der Waals surface area contributed by atoms with Gasteiger partial charge in [0, 0.05) is 6.61 Å². The van der Waals surface area contributed by atoms with E-state index in [4.69, 9.17) is 10.00 Å². The van der Waals surface area contributed by atoms with Gasteiger partial charge in [-0.2, -0.15) is 5.26 Å². The number of hydrogen-bond donors (Lipinski definition) is 0. The molecule has 0 unspecified atom stereocenters. The van der Waals surface area contributed by atoms with Crippen LogP contribution in [0.2, 0.25) is 0 Å². The van der Waals surface area contributed by atoms with E-state index in [0.717, 1.165) is 13.0 Å². The topological polar surface area (TPSA) is 33.0 Å². The summed E-state index contributed by atoms with van der Waals surface area (Å²) >= 11 is 0. The second-order valence-corrected chi connectivity index (χ2v) is 3.05. The van der Waals surface area contributed by atoms with Crippen LogP contribution in [0.1, 0.15) is 27.2 Å². The summed E-state index contributed by atoms with van der Waals surface area (Å²) < 4.78 is 5.22. The maximum atomic E-state index is 8.56. The first-order valence-electron chi connectivity index (χ1n) is 3.61. The van der Waals surface area contributed by atoms with Gasteiger partial charge in [0.2, 0.25) is 0 Å². The quantitative estimate of drug-likeness (QED) is 0.561. The molecule has 0 aliphatic carbocycles. The van der Waals surface area contributed by atoms with E-state index >= 15 is 0 Å². The number of ether oxygens (including phenoxy) is 1. The minimum atomic E-state index is -0.324. The Morgan fingerprint density at radius 3 is 2.50 bits per heavy atom. The molecule has 58 valence electrons. The summed E-state index contributed by atoms with van der Waals surface area (Å²) in [5.74, 6) is 0. The summed E-state index contributed by atoms with van der Waals surface area (Å²) in [6, 6.07) is 2.18. The molecule has 0 aromatic rings. The third kappa shape index (κ3) is 4.34. The van der Waals surface area contributed by atoms with Crippen LogP contribution in [0.3, 0.4) is 0 Å². The smallest absolute Gasteiger partial charge is 0.0750 e. The molecule has 0 amide bonds. The first-order chi connectivity index (χ1) is 4.62. The molecule has 0 aromatic carbocycles. The van der Waals surface area contributed by atoms with Gasteiger partial charge in [-0.15, -0.1) is 0 Å². The zero-order valence-corrected chi connectivity index (χ0v) is 6.98. The van der Waals surface area contributed by atoms with Crippen molar-refractivity contribution in [3.05, 3.63) is 0 Å². The van der Waals surface area contributed by atoms with Crippen LogP contribution in [0, 0.1) is 16.7 Å². The Labute approximate surface area is 62.8 Å². The van der Waals surface area contributed by atoms with Crippen LogP contribution in [-0.4, -0.2) is 13.2 Å². The molecule has 2 nitrogen and oxygen atoms in total. The van der Waals surface area contributed by atoms with Crippen LogP contribution in [0.25, 0.3) is 0 Å². The van der Waals surface area contributed by atoms with Crippen molar-refractivity contribution in [2.45, 2.75) is 27.2 Å². The van der Waals surface area contributed by atoms with E-state index in [9.17, 15) is 0 Å². The minimum Gasteiger partial charge on any atom is -0.380 e. The number of rotatable bonds is 4. The lowest BCUT2D eigenvalue weighted by molar-refractivity contribution is 0.0870. The van der Waals surface area contributed by atoms with Gasteiger partial charge in [-0.3, -0.25) is 0 Å². The highest BCUT2D eigenvalue weighted by Gasteiger charge is 2.15. The van der Waals surface area contributed by atoms with Gasteiger partial charge in [-0.05, 0) is 20.3 Å². The molecule has 0 atom stereocenters. The highest BCUT2D eigenvalue weighted by Crippen LogP contribution is 2.12. The standard InChI is InChI=1S/C8H15NO/c1-4-5-10-7-8(2,3)6-9/h4-5,7H2,1-3H3.